The number of thiazole rings is 1. The lowest BCUT2D eigenvalue weighted by atomic mass is 10.2. The molecule has 0 radical (unpaired) electrons. The fraction of sp³-hybridized carbons (Fsp3) is 0.227. The molecule has 0 unspecified atom stereocenters. The number of rotatable bonds is 9. The molecule has 2 aromatic carbocycles. The Labute approximate surface area is 188 Å². The quantitative estimate of drug-likeness (QED) is 0.242. The van der Waals surface area contributed by atoms with Gasteiger partial charge in [0.25, 0.3) is 0 Å². The van der Waals surface area contributed by atoms with Crippen LogP contribution >= 0.6 is 23.1 Å². The minimum absolute atomic E-state index is 0.0208. The van der Waals surface area contributed by atoms with Crippen molar-refractivity contribution >= 4 is 44.4 Å². The lowest BCUT2D eigenvalue weighted by molar-refractivity contribution is 0.271. The summed E-state index contributed by atoms with van der Waals surface area (Å²) in [6, 6.07) is 17.6. The van der Waals surface area contributed by atoms with E-state index in [2.05, 4.69) is 20.3 Å². The number of hydrogen-bond donors (Lipinski definition) is 3. The Bertz CT molecular complexity index is 1150. The third kappa shape index (κ3) is 5.43. The number of nitrogens with zero attached hydrogens (tertiary/aromatic N) is 3. The predicted molar refractivity (Wildman–Crippen MR) is 127 cm³/mol. The number of ether oxygens (including phenoxy) is 1. The second-order valence-corrected chi connectivity index (χ2v) is 8.82. The van der Waals surface area contributed by atoms with E-state index in [0.29, 0.717) is 27.5 Å². The molecule has 1 atom stereocenters. The molecule has 4 rings (SSSR count). The molecule has 7 nitrogen and oxygen atoms in total. The molecule has 0 saturated carbocycles. The van der Waals surface area contributed by atoms with Crippen molar-refractivity contribution < 1.29 is 9.84 Å². The van der Waals surface area contributed by atoms with Crippen molar-refractivity contribution in [1.29, 1.82) is 0 Å². The Morgan fingerprint density at radius 1 is 1.10 bits per heavy atom. The first-order valence-electron chi connectivity index (χ1n) is 9.90. The highest BCUT2D eigenvalue weighted by Crippen LogP contribution is 2.32. The molecule has 0 amide bonds. The summed E-state index contributed by atoms with van der Waals surface area (Å²) >= 11 is 2.85. The summed E-state index contributed by atoms with van der Waals surface area (Å²) < 4.78 is 6.72. The zero-order valence-electron chi connectivity index (χ0n) is 17.0. The van der Waals surface area contributed by atoms with Gasteiger partial charge in [0.2, 0.25) is 0 Å². The minimum Gasteiger partial charge on any atom is -0.457 e. The van der Waals surface area contributed by atoms with Crippen LogP contribution in [0.3, 0.4) is 0 Å². The highest BCUT2D eigenvalue weighted by Gasteiger charge is 2.15. The molecular weight excluding hydrogens is 430 g/mol. The van der Waals surface area contributed by atoms with Gasteiger partial charge in [0.05, 0.1) is 12.6 Å². The van der Waals surface area contributed by atoms with E-state index < -0.39 is 0 Å². The van der Waals surface area contributed by atoms with E-state index in [4.69, 9.17) is 10.5 Å². The molecule has 0 aliphatic rings. The number of benzene rings is 2. The van der Waals surface area contributed by atoms with Crippen LogP contribution in [0, 0.1) is 0 Å². The maximum absolute atomic E-state index is 9.56. The maximum atomic E-state index is 9.56. The van der Waals surface area contributed by atoms with Crippen LogP contribution in [0.5, 0.6) is 11.5 Å². The molecule has 2 aromatic heterocycles. The van der Waals surface area contributed by atoms with Crippen molar-refractivity contribution in [3.05, 3.63) is 60.2 Å². The number of hydrogen-bond acceptors (Lipinski definition) is 9. The van der Waals surface area contributed by atoms with Crippen LogP contribution in [-0.4, -0.2) is 32.7 Å². The fourth-order valence-corrected chi connectivity index (χ4v) is 4.43. The predicted octanol–water partition coefficient (Wildman–Crippen LogP) is 4.94. The molecule has 0 aliphatic carbocycles. The summed E-state index contributed by atoms with van der Waals surface area (Å²) in [4.78, 5) is 13.5. The van der Waals surface area contributed by atoms with Gasteiger partial charge in [0.15, 0.2) is 21.8 Å². The molecule has 9 heteroatoms. The number of nitrogens with one attached hydrogen (secondary N) is 1. The van der Waals surface area contributed by atoms with E-state index in [0.717, 1.165) is 28.2 Å². The average Bonchev–Trinajstić information content (AvgIpc) is 3.17. The Morgan fingerprint density at radius 2 is 1.90 bits per heavy atom. The largest absolute Gasteiger partial charge is 0.457 e. The molecule has 2 heterocycles. The first-order chi connectivity index (χ1) is 15.1. The lowest BCUT2D eigenvalue weighted by Gasteiger charge is -2.15. The molecule has 4 aromatic rings. The summed E-state index contributed by atoms with van der Waals surface area (Å²) in [5.74, 6) is 2.91. The van der Waals surface area contributed by atoms with E-state index in [1.807, 2.05) is 61.5 Å². The second-order valence-electron chi connectivity index (χ2n) is 6.84. The van der Waals surface area contributed by atoms with Crippen molar-refractivity contribution in [1.82, 2.24) is 15.0 Å². The highest BCUT2D eigenvalue weighted by atomic mass is 32.2. The number of anilines is 2. The van der Waals surface area contributed by atoms with Crippen LogP contribution in [0.4, 0.5) is 10.9 Å². The second kappa shape index (κ2) is 9.95. The summed E-state index contributed by atoms with van der Waals surface area (Å²) in [6.07, 6.45) is 0.771. The molecule has 0 saturated heterocycles. The summed E-state index contributed by atoms with van der Waals surface area (Å²) in [6.45, 7) is 2.03. The van der Waals surface area contributed by atoms with Crippen molar-refractivity contribution in [3.63, 3.8) is 0 Å². The molecular formula is C22H23N5O2S2. The fourth-order valence-electron chi connectivity index (χ4n) is 2.92. The first-order valence-corrected chi connectivity index (χ1v) is 11.7. The van der Waals surface area contributed by atoms with Gasteiger partial charge in [-0.15, -0.1) is 0 Å². The number of fused-ring (bicyclic) bond motifs is 1. The molecule has 0 spiro atoms. The molecule has 160 valence electrons. The zero-order valence-corrected chi connectivity index (χ0v) is 18.6. The molecule has 4 N–H and O–H groups in total. The molecule has 31 heavy (non-hydrogen) atoms. The monoisotopic (exact) mass is 453 g/mol. The zero-order chi connectivity index (χ0) is 21.6. The van der Waals surface area contributed by atoms with E-state index >= 15 is 0 Å². The van der Waals surface area contributed by atoms with Gasteiger partial charge in [-0.3, -0.25) is 0 Å². The van der Waals surface area contributed by atoms with E-state index in [-0.39, 0.29) is 12.6 Å². The van der Waals surface area contributed by atoms with Gasteiger partial charge in [0.1, 0.15) is 16.2 Å². The molecule has 0 fully saturated rings. The van der Waals surface area contributed by atoms with E-state index in [1.165, 1.54) is 23.1 Å². The topological polar surface area (TPSA) is 106 Å². The van der Waals surface area contributed by atoms with Crippen LogP contribution in [0.25, 0.3) is 10.3 Å². The third-order valence-electron chi connectivity index (χ3n) is 4.55. The van der Waals surface area contributed by atoms with E-state index in [9.17, 15) is 5.11 Å². The lowest BCUT2D eigenvalue weighted by Crippen LogP contribution is -2.23. The van der Waals surface area contributed by atoms with Gasteiger partial charge in [-0.1, -0.05) is 60.4 Å². The Hall–Kier alpha value is -2.88. The normalized spacial score (nSPS) is 12.1. The van der Waals surface area contributed by atoms with Gasteiger partial charge in [0, 0.05) is 5.75 Å². The SMILES string of the molecule is CC[C@H](CO)Nc1nc(SCc2cccc(Oc3ccccc3)c2)nc2nc(N)sc12. The van der Waals surface area contributed by atoms with Crippen molar-refractivity contribution in [2.75, 3.05) is 17.7 Å². The number of aliphatic hydroxyl groups is 1. The summed E-state index contributed by atoms with van der Waals surface area (Å²) in [7, 11) is 0. The standard InChI is InChI=1S/C22H23N5O2S2/c1-2-15(12-28)24-19-18-20(25-21(23)31-18)27-22(26-19)30-13-14-7-6-10-17(11-14)29-16-8-4-3-5-9-16/h3-11,15,28H,2,12-13H2,1H3,(H3,23,24,25,26,27)/t15-/m1/s1. The Morgan fingerprint density at radius 3 is 2.68 bits per heavy atom. The van der Waals surface area contributed by atoms with Gasteiger partial charge >= 0.3 is 0 Å². The Balaban J connectivity index is 1.51. The average molecular weight is 454 g/mol. The smallest absolute Gasteiger partial charge is 0.191 e. The molecule has 0 bridgehead atoms. The number of para-hydroxylation sites is 1. The summed E-state index contributed by atoms with van der Waals surface area (Å²) in [5.41, 5.74) is 7.55. The van der Waals surface area contributed by atoms with Crippen LogP contribution in [0.15, 0.2) is 59.8 Å². The van der Waals surface area contributed by atoms with Crippen LogP contribution in [-0.2, 0) is 5.75 Å². The van der Waals surface area contributed by atoms with Gasteiger partial charge in [-0.2, -0.15) is 0 Å². The first kappa shape index (κ1) is 21.4. The van der Waals surface area contributed by atoms with Crippen LogP contribution < -0.4 is 15.8 Å². The highest BCUT2D eigenvalue weighted by molar-refractivity contribution is 7.98. The van der Waals surface area contributed by atoms with Crippen molar-refractivity contribution in [2.24, 2.45) is 0 Å². The van der Waals surface area contributed by atoms with E-state index in [1.54, 1.807) is 0 Å². The van der Waals surface area contributed by atoms with Gasteiger partial charge < -0.3 is 20.9 Å². The number of thioether (sulfide) groups is 1. The number of nitrogens with two attached hydrogens (primary N) is 1. The van der Waals surface area contributed by atoms with Crippen LogP contribution in [0.1, 0.15) is 18.9 Å². The van der Waals surface area contributed by atoms with Gasteiger partial charge in [-0.25, -0.2) is 15.0 Å². The van der Waals surface area contributed by atoms with Gasteiger partial charge in [-0.05, 0) is 36.2 Å². The number of aromatic nitrogens is 3. The molecule has 0 aliphatic heterocycles. The maximum Gasteiger partial charge on any atom is 0.191 e. The Kier molecular flexibility index (Phi) is 6.86. The third-order valence-corrected chi connectivity index (χ3v) is 6.35. The van der Waals surface area contributed by atoms with Crippen LogP contribution in [0.2, 0.25) is 0 Å². The number of aliphatic hydroxyl groups excluding tert-OH is 1. The summed E-state index contributed by atoms with van der Waals surface area (Å²) in [5, 5.41) is 13.9. The van der Waals surface area contributed by atoms with Crippen molar-refractivity contribution in [2.45, 2.75) is 30.3 Å². The number of nitrogen functional groups attached to an aromatic ring is 1. The van der Waals surface area contributed by atoms with Crippen molar-refractivity contribution in [3.8, 4) is 11.5 Å². The minimum atomic E-state index is -0.0916.